The van der Waals surface area contributed by atoms with Gasteiger partial charge < -0.3 is 10.3 Å². The lowest BCUT2D eigenvalue weighted by Crippen LogP contribution is -2.16. The minimum Gasteiger partial charge on any atom is -0.361 e. The average Bonchev–Trinajstić information content (AvgIpc) is 3.05. The number of hydrogen-bond donors (Lipinski definition) is 2. The zero-order valence-electron chi connectivity index (χ0n) is 10.0. The monoisotopic (exact) mass is 257 g/mol. The van der Waals surface area contributed by atoms with Crippen molar-refractivity contribution >= 4 is 22.2 Å². The highest BCUT2D eigenvalue weighted by molar-refractivity contribution is 7.07. The van der Waals surface area contributed by atoms with Crippen molar-refractivity contribution in [2.24, 2.45) is 0 Å². The summed E-state index contributed by atoms with van der Waals surface area (Å²) in [6.07, 6.45) is 2.98. The molecule has 3 rings (SSSR count). The molecule has 0 bridgehead atoms. The normalized spacial score (nSPS) is 11.1. The van der Waals surface area contributed by atoms with Crippen molar-refractivity contribution in [1.82, 2.24) is 15.3 Å². The number of nitrogens with zero attached hydrogens (tertiary/aromatic N) is 1. The van der Waals surface area contributed by atoms with Crippen LogP contribution in [0.5, 0.6) is 0 Å². The van der Waals surface area contributed by atoms with E-state index in [1.54, 1.807) is 11.3 Å². The van der Waals surface area contributed by atoms with Gasteiger partial charge in [0.1, 0.15) is 0 Å². The Bertz CT molecular complexity index is 613. The fourth-order valence-corrected chi connectivity index (χ4v) is 2.70. The van der Waals surface area contributed by atoms with Gasteiger partial charge in [-0.1, -0.05) is 12.1 Å². The summed E-state index contributed by atoms with van der Waals surface area (Å²) in [4.78, 5) is 7.51. The van der Waals surface area contributed by atoms with Crippen LogP contribution in [-0.2, 0) is 13.0 Å². The molecule has 3 aromatic rings. The van der Waals surface area contributed by atoms with Gasteiger partial charge in [0.05, 0.1) is 11.2 Å². The first-order valence-electron chi connectivity index (χ1n) is 6.06. The van der Waals surface area contributed by atoms with Crippen molar-refractivity contribution in [3.63, 3.8) is 0 Å². The van der Waals surface area contributed by atoms with Gasteiger partial charge in [0.2, 0.25) is 0 Å². The summed E-state index contributed by atoms with van der Waals surface area (Å²) in [6.45, 7) is 1.86. The molecule has 0 unspecified atom stereocenters. The summed E-state index contributed by atoms with van der Waals surface area (Å²) in [5, 5.41) is 6.88. The number of nitrogens with one attached hydrogen (secondary N) is 2. The summed E-state index contributed by atoms with van der Waals surface area (Å²) in [6, 6.07) is 8.50. The van der Waals surface area contributed by atoms with Gasteiger partial charge in [0.25, 0.3) is 0 Å². The van der Waals surface area contributed by atoms with Gasteiger partial charge in [-0.25, -0.2) is 4.98 Å². The van der Waals surface area contributed by atoms with Crippen molar-refractivity contribution in [2.75, 3.05) is 6.54 Å². The highest BCUT2D eigenvalue weighted by Crippen LogP contribution is 2.16. The third kappa shape index (κ3) is 2.44. The third-order valence-corrected chi connectivity index (χ3v) is 3.68. The van der Waals surface area contributed by atoms with Gasteiger partial charge in [-0.3, -0.25) is 0 Å². The maximum absolute atomic E-state index is 4.28. The molecule has 1 aromatic carbocycles. The van der Waals surface area contributed by atoms with Crippen LogP contribution < -0.4 is 5.32 Å². The number of aromatic nitrogens is 2. The molecule has 0 aliphatic heterocycles. The minimum atomic E-state index is 0.902. The highest BCUT2D eigenvalue weighted by atomic mass is 32.1. The van der Waals surface area contributed by atoms with Crippen molar-refractivity contribution in [2.45, 2.75) is 13.0 Å². The molecule has 0 fully saturated rings. The molecule has 0 saturated carbocycles. The van der Waals surface area contributed by atoms with Gasteiger partial charge in [-0.15, -0.1) is 11.3 Å². The molecule has 4 heteroatoms. The molecule has 3 nitrogen and oxygen atoms in total. The number of fused-ring (bicyclic) bond motifs is 1. The standard InChI is InChI=1S/C14H15N3S/c1-2-11(13-5-7-16-14(13)3-1)8-15-6-4-12-9-18-10-17-12/h1-3,5,7,9-10,15-16H,4,6,8H2. The van der Waals surface area contributed by atoms with Crippen LogP contribution in [0.2, 0.25) is 0 Å². The molecule has 0 aliphatic carbocycles. The molecule has 0 atom stereocenters. The second kappa shape index (κ2) is 5.33. The summed E-state index contributed by atoms with van der Waals surface area (Å²) in [5.41, 5.74) is 5.60. The molecule has 2 N–H and O–H groups in total. The Balaban J connectivity index is 1.58. The number of thiazole rings is 1. The Labute approximate surface area is 110 Å². The van der Waals surface area contributed by atoms with Crippen LogP contribution >= 0.6 is 11.3 Å². The third-order valence-electron chi connectivity index (χ3n) is 3.04. The van der Waals surface area contributed by atoms with E-state index in [0.29, 0.717) is 0 Å². The largest absolute Gasteiger partial charge is 0.361 e. The Hall–Kier alpha value is -1.65. The number of hydrogen-bond acceptors (Lipinski definition) is 3. The van der Waals surface area contributed by atoms with E-state index in [2.05, 4.69) is 44.9 Å². The van der Waals surface area contributed by atoms with Crippen molar-refractivity contribution in [3.8, 4) is 0 Å². The number of rotatable bonds is 5. The number of aromatic amines is 1. The Morgan fingerprint density at radius 3 is 3.17 bits per heavy atom. The molecule has 92 valence electrons. The van der Waals surface area contributed by atoms with E-state index in [4.69, 9.17) is 0 Å². The zero-order valence-corrected chi connectivity index (χ0v) is 10.8. The van der Waals surface area contributed by atoms with E-state index >= 15 is 0 Å². The van der Waals surface area contributed by atoms with Gasteiger partial charge in [0, 0.05) is 42.0 Å². The summed E-state index contributed by atoms with van der Waals surface area (Å²) < 4.78 is 0. The van der Waals surface area contributed by atoms with Crippen LogP contribution in [0.4, 0.5) is 0 Å². The predicted molar refractivity (Wildman–Crippen MR) is 75.8 cm³/mol. The topological polar surface area (TPSA) is 40.7 Å². The van der Waals surface area contributed by atoms with Gasteiger partial charge in [-0.05, 0) is 17.7 Å². The fraction of sp³-hybridized carbons (Fsp3) is 0.214. The maximum atomic E-state index is 4.28. The van der Waals surface area contributed by atoms with Crippen LogP contribution in [-0.4, -0.2) is 16.5 Å². The van der Waals surface area contributed by atoms with E-state index in [1.165, 1.54) is 22.2 Å². The maximum Gasteiger partial charge on any atom is 0.0794 e. The van der Waals surface area contributed by atoms with Gasteiger partial charge in [0.15, 0.2) is 0 Å². The molecular weight excluding hydrogens is 242 g/mol. The first kappa shape index (κ1) is 11.4. The van der Waals surface area contributed by atoms with Crippen LogP contribution in [0.3, 0.4) is 0 Å². The van der Waals surface area contributed by atoms with E-state index in [-0.39, 0.29) is 0 Å². The summed E-state index contributed by atoms with van der Waals surface area (Å²) in [5.74, 6) is 0. The number of benzene rings is 1. The first-order valence-corrected chi connectivity index (χ1v) is 7.00. The molecular formula is C14H15N3S. The average molecular weight is 257 g/mol. The Morgan fingerprint density at radius 1 is 1.28 bits per heavy atom. The Morgan fingerprint density at radius 2 is 2.28 bits per heavy atom. The molecule has 0 spiro atoms. The molecule has 18 heavy (non-hydrogen) atoms. The Kier molecular flexibility index (Phi) is 3.39. The van der Waals surface area contributed by atoms with E-state index in [0.717, 1.165) is 19.5 Å². The second-order valence-corrected chi connectivity index (χ2v) is 4.98. The van der Waals surface area contributed by atoms with Gasteiger partial charge in [-0.2, -0.15) is 0 Å². The van der Waals surface area contributed by atoms with E-state index in [9.17, 15) is 0 Å². The quantitative estimate of drug-likeness (QED) is 0.690. The molecule has 0 aliphatic rings. The molecule has 2 aromatic heterocycles. The smallest absolute Gasteiger partial charge is 0.0794 e. The first-order chi connectivity index (χ1) is 8.93. The lowest BCUT2D eigenvalue weighted by atomic mass is 10.1. The van der Waals surface area contributed by atoms with Crippen LogP contribution in [0.25, 0.3) is 10.9 Å². The fourth-order valence-electron chi connectivity index (χ4n) is 2.11. The summed E-state index contributed by atoms with van der Waals surface area (Å²) >= 11 is 1.65. The van der Waals surface area contributed by atoms with Crippen LogP contribution in [0, 0.1) is 0 Å². The van der Waals surface area contributed by atoms with Gasteiger partial charge >= 0.3 is 0 Å². The second-order valence-electron chi connectivity index (χ2n) is 4.26. The lowest BCUT2D eigenvalue weighted by Gasteiger charge is -2.05. The number of H-pyrrole nitrogens is 1. The summed E-state index contributed by atoms with van der Waals surface area (Å²) in [7, 11) is 0. The van der Waals surface area contributed by atoms with Crippen molar-refractivity contribution in [1.29, 1.82) is 0 Å². The molecule has 2 heterocycles. The molecule has 0 saturated heterocycles. The molecule has 0 amide bonds. The van der Waals surface area contributed by atoms with E-state index in [1.807, 2.05) is 11.7 Å². The van der Waals surface area contributed by atoms with Crippen LogP contribution in [0.15, 0.2) is 41.4 Å². The highest BCUT2D eigenvalue weighted by Gasteiger charge is 2.01. The van der Waals surface area contributed by atoms with Crippen molar-refractivity contribution < 1.29 is 0 Å². The molecule has 0 radical (unpaired) electrons. The van der Waals surface area contributed by atoms with Crippen molar-refractivity contribution in [3.05, 3.63) is 52.6 Å². The zero-order chi connectivity index (χ0) is 12.2. The minimum absolute atomic E-state index is 0.902. The SMILES string of the molecule is c1cc(CNCCc2cscn2)c2cc[nH]c2c1. The van der Waals surface area contributed by atoms with E-state index < -0.39 is 0 Å². The predicted octanol–water partition coefficient (Wildman–Crippen LogP) is 2.96. The van der Waals surface area contributed by atoms with Crippen LogP contribution in [0.1, 0.15) is 11.3 Å². The lowest BCUT2D eigenvalue weighted by molar-refractivity contribution is 0.684.